The predicted octanol–water partition coefficient (Wildman–Crippen LogP) is 2.53. The van der Waals surface area contributed by atoms with E-state index in [4.69, 9.17) is 8.83 Å². The molecule has 1 saturated carbocycles. The molecule has 1 N–H and O–H groups in total. The van der Waals surface area contributed by atoms with Crippen molar-refractivity contribution in [2.75, 3.05) is 0 Å². The molecule has 0 saturated heterocycles. The van der Waals surface area contributed by atoms with E-state index >= 15 is 0 Å². The van der Waals surface area contributed by atoms with E-state index in [-0.39, 0.29) is 10.9 Å². The van der Waals surface area contributed by atoms with Gasteiger partial charge in [0.15, 0.2) is 0 Å². The second-order valence-corrected chi connectivity index (χ2v) is 8.10. The van der Waals surface area contributed by atoms with Crippen molar-refractivity contribution >= 4 is 10.0 Å². The van der Waals surface area contributed by atoms with Gasteiger partial charge in [0.25, 0.3) is 0 Å². The zero-order valence-corrected chi connectivity index (χ0v) is 15.0. The molecule has 1 fully saturated rings. The van der Waals surface area contributed by atoms with Gasteiger partial charge in [0.05, 0.1) is 0 Å². The van der Waals surface area contributed by atoms with Gasteiger partial charge in [0.2, 0.25) is 21.8 Å². The SMILES string of the molecule is CCc1nnc(C[C@@H]2CC[C@H](NS(=O)(=O)c3cc(C)oc3C)C2)o1. The molecule has 0 aromatic carbocycles. The van der Waals surface area contributed by atoms with Crippen molar-refractivity contribution in [2.24, 2.45) is 5.92 Å². The maximum Gasteiger partial charge on any atom is 0.244 e. The van der Waals surface area contributed by atoms with Crippen molar-refractivity contribution in [3.05, 3.63) is 29.4 Å². The van der Waals surface area contributed by atoms with Crippen LogP contribution < -0.4 is 4.72 Å². The van der Waals surface area contributed by atoms with Crippen molar-refractivity contribution in [3.8, 4) is 0 Å². The third-order valence-electron chi connectivity index (χ3n) is 4.42. The van der Waals surface area contributed by atoms with E-state index in [1.165, 1.54) is 0 Å². The number of sulfonamides is 1. The molecule has 132 valence electrons. The molecular formula is C16H23N3O4S. The molecule has 0 bridgehead atoms. The Morgan fingerprint density at radius 3 is 2.58 bits per heavy atom. The van der Waals surface area contributed by atoms with Gasteiger partial charge in [-0.05, 0) is 45.1 Å². The number of nitrogens with one attached hydrogen (secondary N) is 1. The molecule has 1 aliphatic carbocycles. The number of aryl methyl sites for hydroxylation is 3. The van der Waals surface area contributed by atoms with Crippen LogP contribution in [-0.2, 0) is 22.9 Å². The summed E-state index contributed by atoms with van der Waals surface area (Å²) in [4.78, 5) is 0.230. The lowest BCUT2D eigenvalue weighted by Crippen LogP contribution is -2.33. The summed E-state index contributed by atoms with van der Waals surface area (Å²) in [5.41, 5.74) is 0. The minimum atomic E-state index is -3.54. The zero-order valence-electron chi connectivity index (χ0n) is 14.2. The van der Waals surface area contributed by atoms with Crippen LogP contribution in [-0.4, -0.2) is 24.7 Å². The van der Waals surface area contributed by atoms with Gasteiger partial charge in [-0.15, -0.1) is 10.2 Å². The maximum absolute atomic E-state index is 12.5. The van der Waals surface area contributed by atoms with Crippen LogP contribution in [0.15, 0.2) is 19.8 Å². The van der Waals surface area contributed by atoms with Crippen LogP contribution in [0.2, 0.25) is 0 Å². The Morgan fingerprint density at radius 2 is 1.96 bits per heavy atom. The van der Waals surface area contributed by atoms with Crippen LogP contribution in [0.3, 0.4) is 0 Å². The highest BCUT2D eigenvalue weighted by molar-refractivity contribution is 7.89. The van der Waals surface area contributed by atoms with E-state index in [0.29, 0.717) is 35.6 Å². The van der Waals surface area contributed by atoms with E-state index in [9.17, 15) is 8.42 Å². The van der Waals surface area contributed by atoms with Gasteiger partial charge in [0.1, 0.15) is 16.4 Å². The van der Waals surface area contributed by atoms with Crippen LogP contribution in [0.5, 0.6) is 0 Å². The second kappa shape index (κ2) is 6.68. The minimum Gasteiger partial charge on any atom is -0.465 e. The Balaban J connectivity index is 1.60. The van der Waals surface area contributed by atoms with Gasteiger partial charge < -0.3 is 8.83 Å². The first-order valence-electron chi connectivity index (χ1n) is 8.28. The molecule has 24 heavy (non-hydrogen) atoms. The van der Waals surface area contributed by atoms with Crippen LogP contribution in [0, 0.1) is 19.8 Å². The first-order valence-corrected chi connectivity index (χ1v) is 9.76. The molecule has 0 spiro atoms. The minimum absolute atomic E-state index is 0.0665. The Labute approximate surface area is 141 Å². The maximum atomic E-state index is 12.5. The summed E-state index contributed by atoms with van der Waals surface area (Å²) in [6.45, 7) is 5.38. The molecule has 0 radical (unpaired) electrons. The summed E-state index contributed by atoms with van der Waals surface area (Å²) >= 11 is 0. The Kier molecular flexibility index (Phi) is 4.78. The van der Waals surface area contributed by atoms with E-state index in [2.05, 4.69) is 14.9 Å². The Hall–Kier alpha value is -1.67. The molecule has 0 amide bonds. The van der Waals surface area contributed by atoms with Gasteiger partial charge in [-0.25, -0.2) is 13.1 Å². The second-order valence-electron chi connectivity index (χ2n) is 6.42. The lowest BCUT2D eigenvalue weighted by Gasteiger charge is -2.12. The Bertz CT molecular complexity index is 809. The summed E-state index contributed by atoms with van der Waals surface area (Å²) in [6.07, 6.45) is 3.96. The average Bonchev–Trinajstić information content (AvgIpc) is 3.20. The molecule has 7 nitrogen and oxygen atoms in total. The number of furan rings is 1. The average molecular weight is 353 g/mol. The molecule has 8 heteroatoms. The lowest BCUT2D eigenvalue weighted by molar-refractivity contribution is 0.406. The summed E-state index contributed by atoms with van der Waals surface area (Å²) in [7, 11) is -3.54. The van der Waals surface area contributed by atoms with Crippen molar-refractivity contribution in [3.63, 3.8) is 0 Å². The van der Waals surface area contributed by atoms with Crippen LogP contribution in [0.4, 0.5) is 0 Å². The normalized spacial score (nSPS) is 21.5. The van der Waals surface area contributed by atoms with E-state index in [0.717, 1.165) is 25.7 Å². The molecule has 2 heterocycles. The van der Waals surface area contributed by atoms with Gasteiger partial charge in [-0.2, -0.15) is 0 Å². The monoisotopic (exact) mass is 353 g/mol. The predicted molar refractivity (Wildman–Crippen MR) is 87.0 cm³/mol. The molecular weight excluding hydrogens is 330 g/mol. The van der Waals surface area contributed by atoms with Gasteiger partial charge in [-0.3, -0.25) is 0 Å². The van der Waals surface area contributed by atoms with E-state index < -0.39 is 10.0 Å². The summed E-state index contributed by atoms with van der Waals surface area (Å²) < 4.78 is 38.7. The number of rotatable bonds is 6. The quantitative estimate of drug-likeness (QED) is 0.857. The highest BCUT2D eigenvalue weighted by atomic mass is 32.2. The van der Waals surface area contributed by atoms with Crippen LogP contribution in [0.25, 0.3) is 0 Å². The fourth-order valence-electron chi connectivity index (χ4n) is 3.29. The fourth-order valence-corrected chi connectivity index (χ4v) is 4.81. The van der Waals surface area contributed by atoms with Crippen molar-refractivity contribution < 1.29 is 17.3 Å². The fraction of sp³-hybridized carbons (Fsp3) is 0.625. The lowest BCUT2D eigenvalue weighted by atomic mass is 10.0. The van der Waals surface area contributed by atoms with Gasteiger partial charge in [-0.1, -0.05) is 6.92 Å². The van der Waals surface area contributed by atoms with Crippen molar-refractivity contribution in [1.29, 1.82) is 0 Å². The largest absolute Gasteiger partial charge is 0.465 e. The molecule has 3 rings (SSSR count). The standard InChI is InChI=1S/C16H23N3O4S/c1-4-15-17-18-16(23-15)9-12-5-6-13(8-12)19-24(20,21)14-7-10(2)22-11(14)3/h7,12-13,19H,4-6,8-9H2,1-3H3/t12-,13+/m1/s1. The molecule has 0 unspecified atom stereocenters. The summed E-state index contributed by atoms with van der Waals surface area (Å²) in [6, 6.07) is 1.50. The van der Waals surface area contributed by atoms with Crippen LogP contribution >= 0.6 is 0 Å². The van der Waals surface area contributed by atoms with E-state index in [1.807, 2.05) is 6.92 Å². The smallest absolute Gasteiger partial charge is 0.244 e. The number of hydrogen-bond donors (Lipinski definition) is 1. The molecule has 1 aliphatic rings. The van der Waals surface area contributed by atoms with Crippen LogP contribution in [0.1, 0.15) is 49.5 Å². The van der Waals surface area contributed by atoms with Crippen molar-refractivity contribution in [1.82, 2.24) is 14.9 Å². The molecule has 2 aromatic heterocycles. The molecule has 0 aliphatic heterocycles. The third kappa shape index (κ3) is 3.70. The first kappa shape index (κ1) is 17.2. The van der Waals surface area contributed by atoms with Gasteiger partial charge >= 0.3 is 0 Å². The number of nitrogens with zero attached hydrogens (tertiary/aromatic N) is 2. The highest BCUT2D eigenvalue weighted by Crippen LogP contribution is 2.30. The third-order valence-corrected chi connectivity index (χ3v) is 6.05. The molecule has 2 atom stereocenters. The number of aromatic nitrogens is 2. The van der Waals surface area contributed by atoms with E-state index in [1.54, 1.807) is 19.9 Å². The number of hydrogen-bond acceptors (Lipinski definition) is 6. The Morgan fingerprint density at radius 1 is 1.21 bits per heavy atom. The summed E-state index contributed by atoms with van der Waals surface area (Å²) in [5, 5.41) is 8.01. The van der Waals surface area contributed by atoms with Gasteiger partial charge in [0, 0.05) is 18.9 Å². The summed E-state index contributed by atoms with van der Waals surface area (Å²) in [5.74, 6) is 2.66. The zero-order chi connectivity index (χ0) is 17.3. The molecule has 2 aromatic rings. The first-order chi connectivity index (χ1) is 11.4. The highest BCUT2D eigenvalue weighted by Gasteiger charge is 2.31. The van der Waals surface area contributed by atoms with Crippen molar-refractivity contribution in [2.45, 2.75) is 63.8 Å². The topological polar surface area (TPSA) is 98.2 Å².